The van der Waals surface area contributed by atoms with Gasteiger partial charge in [-0.1, -0.05) is 0 Å². The van der Waals surface area contributed by atoms with Crippen LogP contribution in [0.5, 0.6) is 5.75 Å². The molecule has 0 spiro atoms. The molecule has 1 heterocycles. The lowest BCUT2D eigenvalue weighted by molar-refractivity contribution is 0.381. The van der Waals surface area contributed by atoms with Gasteiger partial charge in [-0.2, -0.15) is 0 Å². The number of hydrogen-bond acceptors (Lipinski definition) is 3. The number of ether oxygens (including phenoxy) is 1. The minimum Gasteiger partial charge on any atom is -0.497 e. The van der Waals surface area contributed by atoms with Gasteiger partial charge in [0.05, 0.1) is 35.6 Å². The van der Waals surface area contributed by atoms with E-state index in [9.17, 15) is 22.0 Å². The van der Waals surface area contributed by atoms with E-state index in [0.29, 0.717) is 11.3 Å². The Morgan fingerprint density at radius 3 is 2.04 bits per heavy atom. The Labute approximate surface area is 126 Å². The number of halogens is 5. The van der Waals surface area contributed by atoms with Crippen LogP contribution in [-0.4, -0.2) is 17.1 Å². The van der Waals surface area contributed by atoms with Gasteiger partial charge in [0.25, 0.3) is 0 Å². The first kappa shape index (κ1) is 15.1. The Bertz CT molecular complexity index is 900. The highest BCUT2D eigenvalue weighted by Crippen LogP contribution is 2.31. The van der Waals surface area contributed by atoms with Gasteiger partial charge < -0.3 is 4.74 Å². The molecule has 118 valence electrons. The molecule has 0 atom stereocenters. The molecule has 8 heteroatoms. The SMILES string of the molecule is COc1ccc2nc(-c3c(F)c(F)c(F)c(F)c3F)cnc2c1. The maximum atomic E-state index is 13.8. The predicted molar refractivity (Wildman–Crippen MR) is 71.3 cm³/mol. The number of benzene rings is 2. The zero-order valence-electron chi connectivity index (χ0n) is 11.5. The Morgan fingerprint density at radius 2 is 1.43 bits per heavy atom. The van der Waals surface area contributed by atoms with Crippen molar-refractivity contribution in [1.82, 2.24) is 9.97 Å². The molecule has 0 aliphatic rings. The molecule has 0 saturated heterocycles. The smallest absolute Gasteiger partial charge is 0.200 e. The molecule has 0 saturated carbocycles. The molecular weight excluding hydrogens is 319 g/mol. The molecule has 0 N–H and O–H groups in total. The van der Waals surface area contributed by atoms with Gasteiger partial charge in [-0.25, -0.2) is 26.9 Å². The zero-order chi connectivity index (χ0) is 16.7. The molecular formula is C15H7F5N2O. The summed E-state index contributed by atoms with van der Waals surface area (Å²) in [6.07, 6.45) is 0.931. The quantitative estimate of drug-likeness (QED) is 0.406. The molecule has 0 fully saturated rings. The average Bonchev–Trinajstić information content (AvgIpc) is 2.58. The first-order valence-electron chi connectivity index (χ1n) is 6.26. The topological polar surface area (TPSA) is 35.0 Å². The van der Waals surface area contributed by atoms with Gasteiger partial charge >= 0.3 is 0 Å². The summed E-state index contributed by atoms with van der Waals surface area (Å²) in [5, 5.41) is 0. The van der Waals surface area contributed by atoms with Crippen molar-refractivity contribution in [3.63, 3.8) is 0 Å². The summed E-state index contributed by atoms with van der Waals surface area (Å²) in [6.45, 7) is 0. The fourth-order valence-corrected chi connectivity index (χ4v) is 2.07. The van der Waals surface area contributed by atoms with Crippen molar-refractivity contribution >= 4 is 11.0 Å². The summed E-state index contributed by atoms with van der Waals surface area (Å²) in [7, 11) is 1.44. The van der Waals surface area contributed by atoms with E-state index in [-0.39, 0.29) is 5.52 Å². The lowest BCUT2D eigenvalue weighted by atomic mass is 10.1. The van der Waals surface area contributed by atoms with Crippen molar-refractivity contribution in [2.45, 2.75) is 0 Å². The molecule has 0 aliphatic heterocycles. The van der Waals surface area contributed by atoms with Crippen molar-refractivity contribution in [3.05, 3.63) is 53.5 Å². The van der Waals surface area contributed by atoms with Crippen LogP contribution in [0.3, 0.4) is 0 Å². The van der Waals surface area contributed by atoms with Crippen LogP contribution < -0.4 is 4.74 Å². The first-order valence-corrected chi connectivity index (χ1v) is 6.26. The van der Waals surface area contributed by atoms with Crippen molar-refractivity contribution in [3.8, 4) is 17.0 Å². The lowest BCUT2D eigenvalue weighted by Crippen LogP contribution is -2.05. The van der Waals surface area contributed by atoms with Gasteiger partial charge in [-0.3, -0.25) is 4.98 Å². The maximum absolute atomic E-state index is 13.8. The molecule has 0 radical (unpaired) electrons. The van der Waals surface area contributed by atoms with Crippen molar-refractivity contribution in [2.75, 3.05) is 7.11 Å². The molecule has 1 aromatic heterocycles. The maximum Gasteiger partial charge on any atom is 0.200 e. The normalized spacial score (nSPS) is 11.0. The van der Waals surface area contributed by atoms with Gasteiger partial charge in [-0.05, 0) is 12.1 Å². The summed E-state index contributed by atoms with van der Waals surface area (Å²) >= 11 is 0. The molecule has 2 aromatic carbocycles. The fourth-order valence-electron chi connectivity index (χ4n) is 2.07. The van der Waals surface area contributed by atoms with Crippen LogP contribution in [0, 0.1) is 29.1 Å². The van der Waals surface area contributed by atoms with Gasteiger partial charge in [-0.15, -0.1) is 0 Å². The Balaban J connectivity index is 2.25. The lowest BCUT2D eigenvalue weighted by Gasteiger charge is -2.08. The minimum atomic E-state index is -2.22. The molecule has 0 aliphatic carbocycles. The van der Waals surface area contributed by atoms with E-state index in [1.165, 1.54) is 25.3 Å². The second-order valence-electron chi connectivity index (χ2n) is 4.55. The summed E-state index contributed by atoms with van der Waals surface area (Å²) in [6, 6.07) is 4.50. The van der Waals surface area contributed by atoms with Crippen LogP contribution in [0.15, 0.2) is 24.4 Å². The Hall–Kier alpha value is -2.77. The van der Waals surface area contributed by atoms with Crippen LogP contribution in [0.1, 0.15) is 0 Å². The van der Waals surface area contributed by atoms with E-state index in [2.05, 4.69) is 9.97 Å². The molecule has 3 rings (SSSR count). The second kappa shape index (κ2) is 5.45. The largest absolute Gasteiger partial charge is 0.497 e. The number of aromatic nitrogens is 2. The van der Waals surface area contributed by atoms with E-state index in [1.807, 2.05) is 0 Å². The second-order valence-corrected chi connectivity index (χ2v) is 4.55. The molecule has 3 nitrogen and oxygen atoms in total. The summed E-state index contributed by atoms with van der Waals surface area (Å²) < 4.78 is 72.2. The van der Waals surface area contributed by atoms with E-state index in [4.69, 9.17) is 4.74 Å². The number of fused-ring (bicyclic) bond motifs is 1. The zero-order valence-corrected chi connectivity index (χ0v) is 11.5. The number of rotatable bonds is 2. The van der Waals surface area contributed by atoms with Crippen LogP contribution in [0.2, 0.25) is 0 Å². The third kappa shape index (κ3) is 2.36. The Kier molecular flexibility index (Phi) is 3.59. The van der Waals surface area contributed by atoms with Gasteiger partial charge in [0, 0.05) is 6.07 Å². The van der Waals surface area contributed by atoms with E-state index in [1.54, 1.807) is 0 Å². The molecule has 0 unspecified atom stereocenters. The van der Waals surface area contributed by atoms with Crippen molar-refractivity contribution in [1.29, 1.82) is 0 Å². The predicted octanol–water partition coefficient (Wildman–Crippen LogP) is 4.00. The van der Waals surface area contributed by atoms with Crippen LogP contribution in [0.4, 0.5) is 22.0 Å². The summed E-state index contributed by atoms with van der Waals surface area (Å²) in [4.78, 5) is 7.82. The van der Waals surface area contributed by atoms with Gasteiger partial charge in [0.15, 0.2) is 23.3 Å². The van der Waals surface area contributed by atoms with Gasteiger partial charge in [0.1, 0.15) is 5.75 Å². The third-order valence-corrected chi connectivity index (χ3v) is 3.22. The molecule has 3 aromatic rings. The third-order valence-electron chi connectivity index (χ3n) is 3.22. The standard InChI is InChI=1S/C15H7F5N2O/c1-23-6-2-3-7-8(4-6)21-5-9(22-7)10-11(16)13(18)15(20)14(19)12(10)17/h2-5H,1H3. The van der Waals surface area contributed by atoms with E-state index < -0.39 is 40.3 Å². The molecule has 0 bridgehead atoms. The highest BCUT2D eigenvalue weighted by Gasteiger charge is 2.27. The van der Waals surface area contributed by atoms with Crippen LogP contribution >= 0.6 is 0 Å². The van der Waals surface area contributed by atoms with E-state index >= 15 is 0 Å². The van der Waals surface area contributed by atoms with Gasteiger partial charge in [0.2, 0.25) is 5.82 Å². The van der Waals surface area contributed by atoms with Crippen LogP contribution in [-0.2, 0) is 0 Å². The summed E-state index contributed by atoms with van der Waals surface area (Å²) in [5.74, 6) is -9.71. The Morgan fingerprint density at radius 1 is 0.826 bits per heavy atom. The molecule has 23 heavy (non-hydrogen) atoms. The minimum absolute atomic E-state index is 0.215. The first-order chi connectivity index (χ1) is 10.9. The number of hydrogen-bond donors (Lipinski definition) is 0. The number of nitrogens with zero attached hydrogens (tertiary/aromatic N) is 2. The van der Waals surface area contributed by atoms with Crippen LogP contribution in [0.25, 0.3) is 22.3 Å². The van der Waals surface area contributed by atoms with Crippen molar-refractivity contribution in [2.24, 2.45) is 0 Å². The highest BCUT2D eigenvalue weighted by atomic mass is 19.2. The average molecular weight is 326 g/mol. The number of methoxy groups -OCH3 is 1. The highest BCUT2D eigenvalue weighted by molar-refractivity contribution is 5.78. The van der Waals surface area contributed by atoms with Crippen molar-refractivity contribution < 1.29 is 26.7 Å². The monoisotopic (exact) mass is 326 g/mol. The summed E-state index contributed by atoms with van der Waals surface area (Å²) in [5.41, 5.74) is -1.02. The van der Waals surface area contributed by atoms with E-state index in [0.717, 1.165) is 6.20 Å². The molecule has 0 amide bonds. The fraction of sp³-hybridized carbons (Fsp3) is 0.0667.